The van der Waals surface area contributed by atoms with E-state index in [1.54, 1.807) is 11.3 Å². The zero-order valence-corrected chi connectivity index (χ0v) is 13.3. The first-order chi connectivity index (χ1) is 8.66. The molecule has 0 bridgehead atoms. The quantitative estimate of drug-likeness (QED) is 0.816. The molecule has 0 aromatic carbocycles. The third-order valence-corrected chi connectivity index (χ3v) is 5.24. The average Bonchev–Trinajstić information content (AvgIpc) is 2.61. The molecular weight excluding hydrogens is 310 g/mol. The van der Waals surface area contributed by atoms with Gasteiger partial charge in [-0.15, -0.1) is 11.3 Å². The summed E-state index contributed by atoms with van der Waals surface area (Å²) in [6.07, 6.45) is 8.12. The van der Waals surface area contributed by atoms with Crippen LogP contribution in [0.3, 0.4) is 0 Å². The molecule has 2 unspecified atom stereocenters. The molecule has 1 aliphatic rings. The maximum Gasteiger partial charge on any atom is 0.107 e. The Labute approximate surface area is 122 Å². The predicted molar refractivity (Wildman–Crippen MR) is 81.0 cm³/mol. The van der Waals surface area contributed by atoms with Crippen LogP contribution in [-0.2, 0) is 4.74 Å². The van der Waals surface area contributed by atoms with E-state index in [0.717, 1.165) is 4.47 Å². The van der Waals surface area contributed by atoms with Crippen molar-refractivity contribution in [3.8, 4) is 0 Å². The molecule has 4 heteroatoms. The summed E-state index contributed by atoms with van der Waals surface area (Å²) in [5.74, 6) is 0. The Balaban J connectivity index is 2.01. The molecule has 0 amide bonds. The van der Waals surface area contributed by atoms with Gasteiger partial charge in [-0.05, 0) is 41.8 Å². The van der Waals surface area contributed by atoms with Gasteiger partial charge in [0.25, 0.3) is 0 Å². The normalized spacial score (nSPS) is 21.5. The molecule has 2 N–H and O–H groups in total. The van der Waals surface area contributed by atoms with Crippen LogP contribution in [0.1, 0.15) is 56.4 Å². The van der Waals surface area contributed by atoms with Crippen LogP contribution in [0, 0.1) is 0 Å². The molecule has 2 atom stereocenters. The molecule has 0 saturated heterocycles. The third-order valence-electron chi connectivity index (χ3n) is 3.49. The van der Waals surface area contributed by atoms with Crippen molar-refractivity contribution in [3.05, 3.63) is 20.8 Å². The van der Waals surface area contributed by atoms with Gasteiger partial charge in [-0.1, -0.05) is 25.7 Å². The zero-order valence-electron chi connectivity index (χ0n) is 10.9. The fourth-order valence-electron chi connectivity index (χ4n) is 2.51. The third kappa shape index (κ3) is 4.05. The molecule has 1 aliphatic carbocycles. The number of hydrogen-bond acceptors (Lipinski definition) is 3. The van der Waals surface area contributed by atoms with Crippen molar-refractivity contribution in [2.24, 2.45) is 5.73 Å². The van der Waals surface area contributed by atoms with Crippen LogP contribution in [-0.4, -0.2) is 12.1 Å². The number of halogens is 1. The summed E-state index contributed by atoms with van der Waals surface area (Å²) in [5.41, 5.74) is 6.10. The number of thiophene rings is 1. The molecule has 0 spiro atoms. The van der Waals surface area contributed by atoms with Gasteiger partial charge in [-0.2, -0.15) is 0 Å². The van der Waals surface area contributed by atoms with Crippen LogP contribution in [0.15, 0.2) is 15.9 Å². The van der Waals surface area contributed by atoms with Crippen LogP contribution in [0.25, 0.3) is 0 Å². The lowest BCUT2D eigenvalue weighted by molar-refractivity contribution is -0.0290. The van der Waals surface area contributed by atoms with E-state index >= 15 is 0 Å². The molecular formula is C14H22BrNOS. The maximum absolute atomic E-state index is 6.30. The summed E-state index contributed by atoms with van der Waals surface area (Å²) in [6.45, 7) is 2.04. The van der Waals surface area contributed by atoms with Crippen LogP contribution in [0.2, 0.25) is 0 Å². The first-order valence-electron chi connectivity index (χ1n) is 6.82. The van der Waals surface area contributed by atoms with Gasteiger partial charge in [0.1, 0.15) is 6.10 Å². The van der Waals surface area contributed by atoms with E-state index in [0.29, 0.717) is 6.10 Å². The summed E-state index contributed by atoms with van der Waals surface area (Å²) >= 11 is 5.23. The first-order valence-corrected chi connectivity index (χ1v) is 8.49. The van der Waals surface area contributed by atoms with E-state index in [-0.39, 0.29) is 12.1 Å². The minimum Gasteiger partial charge on any atom is -0.368 e. The highest BCUT2D eigenvalue weighted by Crippen LogP contribution is 2.32. The van der Waals surface area contributed by atoms with E-state index in [1.165, 1.54) is 43.4 Å². The molecule has 0 radical (unpaired) electrons. The highest BCUT2D eigenvalue weighted by molar-refractivity contribution is 9.10. The topological polar surface area (TPSA) is 35.2 Å². The van der Waals surface area contributed by atoms with Gasteiger partial charge >= 0.3 is 0 Å². The Kier molecular flexibility index (Phi) is 5.67. The lowest BCUT2D eigenvalue weighted by atomic mass is 10.1. The lowest BCUT2D eigenvalue weighted by Gasteiger charge is -2.26. The smallest absolute Gasteiger partial charge is 0.107 e. The van der Waals surface area contributed by atoms with Crippen molar-refractivity contribution in [1.29, 1.82) is 0 Å². The fraction of sp³-hybridized carbons (Fsp3) is 0.714. The molecule has 18 heavy (non-hydrogen) atoms. The Morgan fingerprint density at radius 1 is 1.33 bits per heavy atom. The summed E-state index contributed by atoms with van der Waals surface area (Å²) in [5, 5.41) is 2.10. The SMILES string of the molecule is CC(N)C(OC1CCCCCC1)c1cc(Br)cs1. The van der Waals surface area contributed by atoms with Gasteiger partial charge < -0.3 is 10.5 Å². The molecule has 102 valence electrons. The monoisotopic (exact) mass is 331 g/mol. The van der Waals surface area contributed by atoms with Gasteiger partial charge in [0.2, 0.25) is 0 Å². The molecule has 2 nitrogen and oxygen atoms in total. The minimum absolute atomic E-state index is 0.0406. The Morgan fingerprint density at radius 2 is 2.00 bits per heavy atom. The number of ether oxygens (including phenoxy) is 1. The fourth-order valence-corrected chi connectivity index (χ4v) is 4.11. The van der Waals surface area contributed by atoms with Gasteiger partial charge in [0.15, 0.2) is 0 Å². The van der Waals surface area contributed by atoms with E-state index in [2.05, 4.69) is 27.4 Å². The molecule has 1 aromatic rings. The van der Waals surface area contributed by atoms with Gasteiger partial charge in [-0.3, -0.25) is 0 Å². The van der Waals surface area contributed by atoms with E-state index in [4.69, 9.17) is 10.5 Å². The predicted octanol–water partition coefficient (Wildman–Crippen LogP) is 4.64. The van der Waals surface area contributed by atoms with E-state index in [9.17, 15) is 0 Å². The molecule has 1 fully saturated rings. The van der Waals surface area contributed by atoms with Gasteiger partial charge in [-0.25, -0.2) is 0 Å². The Hall–Kier alpha value is 0.1000. The van der Waals surface area contributed by atoms with Crippen molar-refractivity contribution in [3.63, 3.8) is 0 Å². The molecule has 2 rings (SSSR count). The second-order valence-corrected chi connectivity index (χ2v) is 7.06. The standard InChI is InChI=1S/C14H22BrNOS/c1-10(16)14(13-8-11(15)9-18-13)17-12-6-4-2-3-5-7-12/h8-10,12,14H,2-7,16H2,1H3. The second kappa shape index (κ2) is 7.04. The largest absolute Gasteiger partial charge is 0.368 e. The maximum atomic E-state index is 6.30. The average molecular weight is 332 g/mol. The van der Waals surface area contributed by atoms with Crippen molar-refractivity contribution < 1.29 is 4.74 Å². The molecule has 1 heterocycles. The Morgan fingerprint density at radius 3 is 2.50 bits per heavy atom. The van der Waals surface area contributed by atoms with Crippen LogP contribution >= 0.6 is 27.3 Å². The highest BCUT2D eigenvalue weighted by Gasteiger charge is 2.23. The summed E-state index contributed by atoms with van der Waals surface area (Å²) < 4.78 is 7.42. The number of hydrogen-bond donors (Lipinski definition) is 1. The van der Waals surface area contributed by atoms with Crippen LogP contribution in [0.4, 0.5) is 0 Å². The van der Waals surface area contributed by atoms with Crippen molar-refractivity contribution in [2.75, 3.05) is 0 Å². The zero-order chi connectivity index (χ0) is 13.0. The van der Waals surface area contributed by atoms with E-state index in [1.807, 2.05) is 6.92 Å². The number of rotatable bonds is 4. The summed E-state index contributed by atoms with van der Waals surface area (Å²) in [4.78, 5) is 1.24. The Bertz CT molecular complexity index is 358. The first kappa shape index (κ1) is 14.5. The molecule has 0 aliphatic heterocycles. The second-order valence-electron chi connectivity index (χ2n) is 5.20. The van der Waals surface area contributed by atoms with Gasteiger partial charge in [0.05, 0.1) is 6.10 Å². The van der Waals surface area contributed by atoms with Crippen LogP contribution < -0.4 is 5.73 Å². The summed E-state index contributed by atoms with van der Waals surface area (Å²) in [6, 6.07) is 2.17. The molecule has 1 saturated carbocycles. The lowest BCUT2D eigenvalue weighted by Crippen LogP contribution is -2.29. The molecule has 1 aromatic heterocycles. The minimum atomic E-state index is 0.0406. The summed E-state index contributed by atoms with van der Waals surface area (Å²) in [7, 11) is 0. The van der Waals surface area contributed by atoms with Crippen molar-refractivity contribution in [2.45, 2.75) is 63.7 Å². The van der Waals surface area contributed by atoms with E-state index < -0.39 is 0 Å². The highest BCUT2D eigenvalue weighted by atomic mass is 79.9. The van der Waals surface area contributed by atoms with Gasteiger partial charge in [0, 0.05) is 20.8 Å². The van der Waals surface area contributed by atoms with Crippen molar-refractivity contribution >= 4 is 27.3 Å². The van der Waals surface area contributed by atoms with Crippen molar-refractivity contribution in [1.82, 2.24) is 0 Å². The van der Waals surface area contributed by atoms with Crippen LogP contribution in [0.5, 0.6) is 0 Å². The number of nitrogens with two attached hydrogens (primary N) is 1.